The Hall–Kier alpha value is -1.86. The molecule has 2 aromatic rings. The zero-order chi connectivity index (χ0) is 21.2. The first-order valence-electron chi connectivity index (χ1n) is 9.23. The number of carbonyl (C=O) groups excluding carboxylic acids is 1. The average molecular weight is 450 g/mol. The molecule has 29 heavy (non-hydrogen) atoms. The number of nitriles is 1. The third kappa shape index (κ3) is 4.36. The van der Waals surface area contributed by atoms with Gasteiger partial charge in [-0.15, -0.1) is 23.1 Å². The van der Waals surface area contributed by atoms with Gasteiger partial charge in [-0.2, -0.15) is 9.57 Å². The Morgan fingerprint density at radius 1 is 1.28 bits per heavy atom. The van der Waals surface area contributed by atoms with Crippen molar-refractivity contribution in [3.05, 3.63) is 40.3 Å². The molecule has 2 heterocycles. The van der Waals surface area contributed by atoms with Gasteiger partial charge in [-0.1, -0.05) is 12.1 Å². The van der Waals surface area contributed by atoms with Crippen LogP contribution in [0.1, 0.15) is 28.8 Å². The number of thiophene rings is 1. The summed E-state index contributed by atoms with van der Waals surface area (Å²) in [5.74, 6) is -0.421. The lowest BCUT2D eigenvalue weighted by atomic mass is 9.97. The summed E-state index contributed by atoms with van der Waals surface area (Å²) in [5, 5.41) is 12.8. The summed E-state index contributed by atoms with van der Waals surface area (Å²) in [6, 6.07) is 9.14. The van der Waals surface area contributed by atoms with Crippen LogP contribution in [0.25, 0.3) is 0 Å². The van der Waals surface area contributed by atoms with E-state index in [9.17, 15) is 18.5 Å². The van der Waals surface area contributed by atoms with Crippen LogP contribution in [0.15, 0.2) is 34.1 Å². The van der Waals surface area contributed by atoms with E-state index in [0.717, 1.165) is 15.3 Å². The zero-order valence-electron chi connectivity index (χ0n) is 16.6. The van der Waals surface area contributed by atoms with Crippen LogP contribution in [0, 0.1) is 31.1 Å². The molecule has 1 aromatic carbocycles. The second kappa shape index (κ2) is 8.88. The first kappa shape index (κ1) is 21.8. The lowest BCUT2D eigenvalue weighted by Gasteiger charge is -2.30. The van der Waals surface area contributed by atoms with Crippen molar-refractivity contribution in [1.29, 1.82) is 5.26 Å². The molecule has 9 heteroatoms. The lowest BCUT2D eigenvalue weighted by Crippen LogP contribution is -2.41. The highest BCUT2D eigenvalue weighted by Crippen LogP contribution is 2.33. The van der Waals surface area contributed by atoms with E-state index in [4.69, 9.17) is 0 Å². The summed E-state index contributed by atoms with van der Waals surface area (Å²) in [5.41, 5.74) is 1.40. The summed E-state index contributed by atoms with van der Waals surface area (Å²) < 4.78 is 27.5. The number of sulfonamides is 1. The fourth-order valence-electron chi connectivity index (χ4n) is 3.39. The molecule has 154 valence electrons. The molecule has 1 aliphatic heterocycles. The van der Waals surface area contributed by atoms with E-state index in [2.05, 4.69) is 11.4 Å². The molecule has 0 atom stereocenters. The molecule has 0 saturated carbocycles. The largest absolute Gasteiger partial charge is 0.316 e. The molecular formula is C20H23N3O3S3. The van der Waals surface area contributed by atoms with E-state index in [1.807, 2.05) is 26.2 Å². The number of piperidine rings is 1. The van der Waals surface area contributed by atoms with Gasteiger partial charge in [0.2, 0.25) is 15.9 Å². The first-order chi connectivity index (χ1) is 13.8. The summed E-state index contributed by atoms with van der Waals surface area (Å²) in [6.07, 6.45) is 2.77. The van der Waals surface area contributed by atoms with E-state index in [1.165, 1.54) is 27.4 Å². The minimum absolute atomic E-state index is 0.149. The van der Waals surface area contributed by atoms with Crippen molar-refractivity contribution < 1.29 is 13.2 Å². The van der Waals surface area contributed by atoms with Gasteiger partial charge in [0.15, 0.2) is 0 Å². The van der Waals surface area contributed by atoms with Gasteiger partial charge >= 0.3 is 0 Å². The highest BCUT2D eigenvalue weighted by atomic mass is 32.2. The van der Waals surface area contributed by atoms with Crippen LogP contribution >= 0.6 is 23.1 Å². The molecule has 1 aliphatic rings. The van der Waals surface area contributed by atoms with Crippen LogP contribution in [0.5, 0.6) is 0 Å². The SMILES string of the molecule is CSc1ccccc1S(=O)(=O)N1CCC(C(=O)Nc2sc(C)c(C)c2C#N)CC1. The zero-order valence-corrected chi connectivity index (χ0v) is 19.0. The first-order valence-corrected chi connectivity index (χ1v) is 12.7. The molecular weight excluding hydrogens is 426 g/mol. The summed E-state index contributed by atoms with van der Waals surface area (Å²) in [4.78, 5) is 14.7. The molecule has 1 fully saturated rings. The van der Waals surface area contributed by atoms with Crippen molar-refractivity contribution in [1.82, 2.24) is 4.31 Å². The van der Waals surface area contributed by atoms with Gasteiger partial charge in [0, 0.05) is 28.8 Å². The van der Waals surface area contributed by atoms with Gasteiger partial charge in [0.25, 0.3) is 0 Å². The quantitative estimate of drug-likeness (QED) is 0.697. The van der Waals surface area contributed by atoms with Crippen molar-refractivity contribution in [2.75, 3.05) is 24.7 Å². The molecule has 1 amide bonds. The molecule has 1 N–H and O–H groups in total. The molecule has 0 aliphatic carbocycles. The van der Waals surface area contributed by atoms with Crippen molar-refractivity contribution in [2.24, 2.45) is 5.92 Å². The van der Waals surface area contributed by atoms with Gasteiger partial charge < -0.3 is 5.32 Å². The summed E-state index contributed by atoms with van der Waals surface area (Å²) in [6.45, 7) is 4.40. The van der Waals surface area contributed by atoms with Crippen LogP contribution < -0.4 is 5.32 Å². The second-order valence-electron chi connectivity index (χ2n) is 6.92. The Morgan fingerprint density at radius 3 is 2.55 bits per heavy atom. The highest BCUT2D eigenvalue weighted by molar-refractivity contribution is 7.99. The van der Waals surface area contributed by atoms with Crippen LogP contribution in [-0.4, -0.2) is 38.0 Å². The van der Waals surface area contributed by atoms with Crippen LogP contribution in [0.3, 0.4) is 0 Å². The maximum absolute atomic E-state index is 13.0. The fourth-order valence-corrected chi connectivity index (χ4v) is 7.00. The smallest absolute Gasteiger partial charge is 0.244 e. The number of carbonyl (C=O) groups is 1. The second-order valence-corrected chi connectivity index (χ2v) is 10.9. The number of benzene rings is 1. The molecule has 0 radical (unpaired) electrons. The van der Waals surface area contributed by atoms with Gasteiger partial charge in [0.05, 0.1) is 10.5 Å². The monoisotopic (exact) mass is 449 g/mol. The van der Waals surface area contributed by atoms with Crippen molar-refractivity contribution in [2.45, 2.75) is 36.5 Å². The molecule has 6 nitrogen and oxygen atoms in total. The standard InChI is InChI=1S/C20H23N3O3S3/c1-13-14(2)28-20(16(13)12-21)22-19(24)15-8-10-23(11-9-15)29(25,26)18-7-5-4-6-17(18)27-3/h4-7,15H,8-11H2,1-3H3,(H,22,24). The molecule has 0 spiro atoms. The normalized spacial score (nSPS) is 15.8. The molecule has 3 rings (SSSR count). The number of aryl methyl sites for hydroxylation is 1. The number of amides is 1. The molecule has 0 bridgehead atoms. The van der Waals surface area contributed by atoms with E-state index in [-0.39, 0.29) is 11.8 Å². The maximum Gasteiger partial charge on any atom is 0.244 e. The Bertz CT molecular complexity index is 1060. The lowest BCUT2D eigenvalue weighted by molar-refractivity contribution is -0.120. The minimum Gasteiger partial charge on any atom is -0.316 e. The number of nitrogens with one attached hydrogen (secondary N) is 1. The Balaban J connectivity index is 1.68. The number of anilines is 1. The number of nitrogens with zero attached hydrogens (tertiary/aromatic N) is 2. The van der Waals surface area contributed by atoms with E-state index >= 15 is 0 Å². The topological polar surface area (TPSA) is 90.3 Å². The number of rotatable bonds is 5. The Morgan fingerprint density at radius 2 is 1.93 bits per heavy atom. The van der Waals surface area contributed by atoms with Crippen molar-refractivity contribution in [3.63, 3.8) is 0 Å². The van der Waals surface area contributed by atoms with E-state index < -0.39 is 10.0 Å². The molecule has 0 unspecified atom stereocenters. The fraction of sp³-hybridized carbons (Fsp3) is 0.400. The predicted molar refractivity (Wildman–Crippen MR) is 117 cm³/mol. The van der Waals surface area contributed by atoms with Crippen LogP contribution in [0.4, 0.5) is 5.00 Å². The molecule has 1 saturated heterocycles. The van der Waals surface area contributed by atoms with Crippen LogP contribution in [0.2, 0.25) is 0 Å². The third-order valence-electron chi connectivity index (χ3n) is 5.25. The molecule has 1 aromatic heterocycles. The Labute approximate surface area is 180 Å². The average Bonchev–Trinajstić information content (AvgIpc) is 3.00. The Kier molecular flexibility index (Phi) is 6.69. The number of hydrogen-bond acceptors (Lipinski definition) is 6. The van der Waals surface area contributed by atoms with E-state index in [0.29, 0.717) is 41.4 Å². The maximum atomic E-state index is 13.0. The van der Waals surface area contributed by atoms with Crippen LogP contribution in [-0.2, 0) is 14.8 Å². The predicted octanol–water partition coefficient (Wildman–Crippen LogP) is 4.00. The van der Waals surface area contributed by atoms with Gasteiger partial charge in [0.1, 0.15) is 11.1 Å². The van der Waals surface area contributed by atoms with E-state index in [1.54, 1.807) is 18.2 Å². The minimum atomic E-state index is -3.59. The number of hydrogen-bond donors (Lipinski definition) is 1. The van der Waals surface area contributed by atoms with Gasteiger partial charge in [-0.05, 0) is 50.6 Å². The van der Waals surface area contributed by atoms with Crippen molar-refractivity contribution >= 4 is 44.0 Å². The number of thioether (sulfide) groups is 1. The van der Waals surface area contributed by atoms with Gasteiger partial charge in [-0.3, -0.25) is 4.79 Å². The third-order valence-corrected chi connectivity index (χ3v) is 9.25. The summed E-state index contributed by atoms with van der Waals surface area (Å²) in [7, 11) is -3.59. The van der Waals surface area contributed by atoms with Crippen molar-refractivity contribution in [3.8, 4) is 6.07 Å². The summed E-state index contributed by atoms with van der Waals surface area (Å²) >= 11 is 2.81. The highest BCUT2D eigenvalue weighted by Gasteiger charge is 2.33. The van der Waals surface area contributed by atoms with Gasteiger partial charge in [-0.25, -0.2) is 8.42 Å².